The number of aromatic nitrogens is 1. The van der Waals surface area contributed by atoms with E-state index in [4.69, 9.17) is 16.3 Å². The standard InChI is InChI=1S/C8H9ClN2O/c1-5-6(9)4-7-8(11-5)10-2-3-12-7/h4H,2-3H2,1H3,(H,10,11). The summed E-state index contributed by atoms with van der Waals surface area (Å²) in [4.78, 5) is 4.25. The monoisotopic (exact) mass is 184 g/mol. The van der Waals surface area contributed by atoms with Gasteiger partial charge in [0.25, 0.3) is 0 Å². The number of nitrogens with one attached hydrogen (secondary N) is 1. The third-order valence-electron chi connectivity index (χ3n) is 1.77. The van der Waals surface area contributed by atoms with Gasteiger partial charge < -0.3 is 10.1 Å². The normalized spacial score (nSPS) is 14.5. The molecule has 0 fully saturated rings. The molecular weight excluding hydrogens is 176 g/mol. The molecule has 0 unspecified atom stereocenters. The van der Waals surface area contributed by atoms with Crippen molar-refractivity contribution in [1.82, 2.24) is 4.98 Å². The van der Waals surface area contributed by atoms with Crippen LogP contribution in [0.15, 0.2) is 6.07 Å². The Kier molecular flexibility index (Phi) is 1.81. The molecule has 1 aromatic heterocycles. The van der Waals surface area contributed by atoms with E-state index in [0.29, 0.717) is 11.6 Å². The summed E-state index contributed by atoms with van der Waals surface area (Å²) in [5.41, 5.74) is 0.827. The van der Waals surface area contributed by atoms with Crippen molar-refractivity contribution in [3.05, 3.63) is 16.8 Å². The Morgan fingerprint density at radius 2 is 2.50 bits per heavy atom. The molecule has 0 atom stereocenters. The molecule has 0 bridgehead atoms. The van der Waals surface area contributed by atoms with Gasteiger partial charge in [-0.2, -0.15) is 0 Å². The highest BCUT2D eigenvalue weighted by molar-refractivity contribution is 6.31. The number of ether oxygens (including phenoxy) is 1. The molecule has 0 radical (unpaired) electrons. The van der Waals surface area contributed by atoms with Crippen molar-refractivity contribution in [2.45, 2.75) is 6.92 Å². The van der Waals surface area contributed by atoms with Gasteiger partial charge in [0.05, 0.1) is 17.3 Å². The zero-order valence-corrected chi connectivity index (χ0v) is 7.48. The lowest BCUT2D eigenvalue weighted by atomic mass is 10.3. The summed E-state index contributed by atoms with van der Waals surface area (Å²) in [6.07, 6.45) is 0. The molecule has 1 aliphatic rings. The summed E-state index contributed by atoms with van der Waals surface area (Å²) in [5, 5.41) is 3.79. The lowest BCUT2D eigenvalue weighted by Crippen LogP contribution is -2.19. The minimum atomic E-state index is 0.650. The molecule has 1 aliphatic heterocycles. The van der Waals surface area contributed by atoms with E-state index in [-0.39, 0.29) is 0 Å². The van der Waals surface area contributed by atoms with E-state index in [1.165, 1.54) is 0 Å². The van der Waals surface area contributed by atoms with E-state index < -0.39 is 0 Å². The number of nitrogens with zero attached hydrogens (tertiary/aromatic N) is 1. The smallest absolute Gasteiger partial charge is 0.169 e. The van der Waals surface area contributed by atoms with Crippen molar-refractivity contribution in [2.75, 3.05) is 18.5 Å². The van der Waals surface area contributed by atoms with Gasteiger partial charge in [0, 0.05) is 6.07 Å². The number of aryl methyl sites for hydroxylation is 1. The maximum absolute atomic E-state index is 5.88. The van der Waals surface area contributed by atoms with Crippen LogP contribution in [0.1, 0.15) is 5.69 Å². The van der Waals surface area contributed by atoms with Crippen LogP contribution in [0.2, 0.25) is 5.02 Å². The first kappa shape index (κ1) is 7.68. The van der Waals surface area contributed by atoms with Gasteiger partial charge in [-0.05, 0) is 6.92 Å². The van der Waals surface area contributed by atoms with Crippen molar-refractivity contribution in [1.29, 1.82) is 0 Å². The van der Waals surface area contributed by atoms with Crippen molar-refractivity contribution in [2.24, 2.45) is 0 Å². The molecule has 2 heterocycles. The van der Waals surface area contributed by atoms with Crippen LogP contribution >= 0.6 is 11.6 Å². The van der Waals surface area contributed by atoms with Gasteiger partial charge in [-0.3, -0.25) is 0 Å². The zero-order valence-electron chi connectivity index (χ0n) is 6.72. The third kappa shape index (κ3) is 1.20. The number of hydrogen-bond acceptors (Lipinski definition) is 3. The van der Waals surface area contributed by atoms with Crippen molar-refractivity contribution in [3.8, 4) is 5.75 Å². The van der Waals surface area contributed by atoms with E-state index in [2.05, 4.69) is 10.3 Å². The fraction of sp³-hybridized carbons (Fsp3) is 0.375. The van der Waals surface area contributed by atoms with E-state index in [0.717, 1.165) is 23.8 Å². The highest BCUT2D eigenvalue weighted by Gasteiger charge is 2.12. The summed E-state index contributed by atoms with van der Waals surface area (Å²) >= 11 is 5.88. The number of rotatable bonds is 0. The molecule has 0 aromatic carbocycles. The lowest BCUT2D eigenvalue weighted by molar-refractivity contribution is 0.321. The maximum atomic E-state index is 5.88. The second kappa shape index (κ2) is 2.83. The average Bonchev–Trinajstić information content (AvgIpc) is 2.07. The molecule has 0 amide bonds. The molecule has 0 aliphatic carbocycles. The van der Waals surface area contributed by atoms with Crippen LogP contribution in [0.5, 0.6) is 5.75 Å². The molecule has 0 saturated carbocycles. The Morgan fingerprint density at radius 3 is 3.33 bits per heavy atom. The maximum Gasteiger partial charge on any atom is 0.169 e. The fourth-order valence-corrected chi connectivity index (χ4v) is 1.27. The molecule has 3 nitrogen and oxygen atoms in total. The number of anilines is 1. The topological polar surface area (TPSA) is 34.1 Å². The zero-order chi connectivity index (χ0) is 8.55. The lowest BCUT2D eigenvalue weighted by Gasteiger charge is -2.18. The average molecular weight is 185 g/mol. The summed E-state index contributed by atoms with van der Waals surface area (Å²) < 4.78 is 5.35. The summed E-state index contributed by atoms with van der Waals surface area (Å²) in [5.74, 6) is 1.54. The largest absolute Gasteiger partial charge is 0.488 e. The Balaban J connectivity index is 2.49. The van der Waals surface area contributed by atoms with E-state index >= 15 is 0 Å². The highest BCUT2D eigenvalue weighted by Crippen LogP contribution is 2.29. The van der Waals surface area contributed by atoms with Crippen LogP contribution in [0.3, 0.4) is 0 Å². The molecular formula is C8H9ClN2O. The third-order valence-corrected chi connectivity index (χ3v) is 2.15. The fourth-order valence-electron chi connectivity index (χ4n) is 1.13. The predicted molar refractivity (Wildman–Crippen MR) is 48.0 cm³/mol. The first-order chi connectivity index (χ1) is 5.77. The van der Waals surface area contributed by atoms with Gasteiger partial charge in [0.1, 0.15) is 6.61 Å². The minimum Gasteiger partial charge on any atom is -0.488 e. The SMILES string of the molecule is Cc1nc2c(cc1Cl)OCCN2. The van der Waals surface area contributed by atoms with E-state index in [1.54, 1.807) is 6.07 Å². The van der Waals surface area contributed by atoms with Crippen LogP contribution in [0.25, 0.3) is 0 Å². The number of fused-ring (bicyclic) bond motifs is 1. The number of halogens is 1. The van der Waals surface area contributed by atoms with Gasteiger partial charge in [-0.1, -0.05) is 11.6 Å². The van der Waals surface area contributed by atoms with Gasteiger partial charge >= 0.3 is 0 Å². The Morgan fingerprint density at radius 1 is 1.67 bits per heavy atom. The first-order valence-electron chi connectivity index (χ1n) is 3.81. The van der Waals surface area contributed by atoms with E-state index in [9.17, 15) is 0 Å². The Labute approximate surface area is 75.7 Å². The molecule has 1 aromatic rings. The predicted octanol–water partition coefficient (Wildman–Crippen LogP) is 1.85. The Hall–Kier alpha value is -0.960. The molecule has 4 heteroatoms. The van der Waals surface area contributed by atoms with Crippen LogP contribution in [0, 0.1) is 6.92 Å². The summed E-state index contributed by atoms with van der Waals surface area (Å²) in [6.45, 7) is 3.36. The van der Waals surface area contributed by atoms with Crippen LogP contribution in [0.4, 0.5) is 5.82 Å². The second-order valence-electron chi connectivity index (χ2n) is 2.68. The number of hydrogen-bond donors (Lipinski definition) is 1. The van der Waals surface area contributed by atoms with Crippen LogP contribution < -0.4 is 10.1 Å². The molecule has 12 heavy (non-hydrogen) atoms. The van der Waals surface area contributed by atoms with Gasteiger partial charge in [0.15, 0.2) is 11.6 Å². The molecule has 64 valence electrons. The number of pyridine rings is 1. The molecule has 0 saturated heterocycles. The molecule has 0 spiro atoms. The van der Waals surface area contributed by atoms with Crippen LogP contribution in [-0.4, -0.2) is 18.1 Å². The minimum absolute atomic E-state index is 0.650. The highest BCUT2D eigenvalue weighted by atomic mass is 35.5. The van der Waals surface area contributed by atoms with Gasteiger partial charge in [-0.15, -0.1) is 0 Å². The van der Waals surface area contributed by atoms with Crippen molar-refractivity contribution >= 4 is 17.4 Å². The first-order valence-corrected chi connectivity index (χ1v) is 4.19. The van der Waals surface area contributed by atoms with E-state index in [1.807, 2.05) is 6.92 Å². The van der Waals surface area contributed by atoms with Gasteiger partial charge in [-0.25, -0.2) is 4.98 Å². The summed E-state index contributed by atoms with van der Waals surface area (Å²) in [7, 11) is 0. The van der Waals surface area contributed by atoms with Gasteiger partial charge in [0.2, 0.25) is 0 Å². The van der Waals surface area contributed by atoms with Crippen LogP contribution in [-0.2, 0) is 0 Å². The molecule has 2 rings (SSSR count). The van der Waals surface area contributed by atoms with Crippen molar-refractivity contribution < 1.29 is 4.74 Å². The second-order valence-corrected chi connectivity index (χ2v) is 3.08. The molecule has 1 N–H and O–H groups in total. The summed E-state index contributed by atoms with van der Waals surface area (Å²) in [6, 6.07) is 1.80. The quantitative estimate of drug-likeness (QED) is 0.668. The van der Waals surface area contributed by atoms with Crippen molar-refractivity contribution in [3.63, 3.8) is 0 Å². The Bertz CT molecular complexity index is 283.